The van der Waals surface area contributed by atoms with Gasteiger partial charge < -0.3 is 4.55 Å². The number of hydrogen-bond donors (Lipinski definition) is 2. The number of imidazole rings is 1. The van der Waals surface area contributed by atoms with Gasteiger partial charge in [0.2, 0.25) is 10.4 Å². The van der Waals surface area contributed by atoms with Gasteiger partial charge in [-0.1, -0.05) is 6.92 Å². The smallest absolute Gasteiger partial charge is 0.253 e. The molecule has 0 unspecified atom stereocenters. The Bertz CT molecular complexity index is 335. The van der Waals surface area contributed by atoms with E-state index in [0.717, 1.165) is 6.42 Å². The fraction of sp³-hybridized carbons (Fsp3) is 0.500. The van der Waals surface area contributed by atoms with Crippen LogP contribution in [0, 0.1) is 0 Å². The van der Waals surface area contributed by atoms with Crippen molar-refractivity contribution in [3.05, 3.63) is 18.2 Å². The third kappa shape index (κ3) is 7.44. The van der Waals surface area contributed by atoms with Gasteiger partial charge in [0.15, 0.2) is 0 Å². The van der Waals surface area contributed by atoms with E-state index in [1.165, 1.54) is 5.82 Å². The van der Waals surface area contributed by atoms with Crippen molar-refractivity contribution >= 4 is 10.4 Å². The molecular weight excluding hydrogens is 196 g/mol. The lowest BCUT2D eigenvalue weighted by molar-refractivity contribution is -0.677. The molecule has 0 atom stereocenters. The molecule has 0 aliphatic carbocycles. The van der Waals surface area contributed by atoms with Crippen LogP contribution >= 0.6 is 0 Å². The summed E-state index contributed by atoms with van der Waals surface area (Å²) in [6.45, 7) is 2.13. The third-order valence-corrected chi connectivity index (χ3v) is 1.31. The molecule has 0 aliphatic rings. The number of H-pyrrole nitrogens is 1. The minimum atomic E-state index is -4.92. The lowest BCUT2D eigenvalue weighted by atomic mass is 10.5. The summed E-state index contributed by atoms with van der Waals surface area (Å²) in [5.74, 6) is 1.27. The van der Waals surface area contributed by atoms with E-state index >= 15 is 0 Å². The summed E-state index contributed by atoms with van der Waals surface area (Å²) >= 11 is 0. The Balaban J connectivity index is 0.000000252. The predicted molar refractivity (Wildman–Crippen MR) is 43.7 cm³/mol. The number of aryl methyl sites for hydroxylation is 2. The van der Waals surface area contributed by atoms with Gasteiger partial charge in [-0.25, -0.2) is 18.0 Å². The first kappa shape index (κ1) is 12.1. The van der Waals surface area contributed by atoms with E-state index in [4.69, 9.17) is 17.5 Å². The molecule has 7 heteroatoms. The van der Waals surface area contributed by atoms with E-state index in [0.29, 0.717) is 0 Å². The van der Waals surface area contributed by atoms with Crippen LogP contribution in [0.3, 0.4) is 0 Å². The molecule has 0 saturated heterocycles. The van der Waals surface area contributed by atoms with Gasteiger partial charge in [-0.05, 0) is 0 Å². The summed E-state index contributed by atoms with van der Waals surface area (Å²) < 4.78 is 34.9. The van der Waals surface area contributed by atoms with E-state index in [9.17, 15) is 0 Å². The molecule has 76 valence electrons. The molecule has 1 heterocycles. The summed E-state index contributed by atoms with van der Waals surface area (Å²) in [4.78, 5) is 3.12. The molecule has 1 aromatic heterocycles. The second kappa shape index (κ2) is 4.95. The number of nitrogens with zero attached hydrogens (tertiary/aromatic N) is 1. The molecule has 0 fully saturated rings. The van der Waals surface area contributed by atoms with E-state index < -0.39 is 10.4 Å². The third-order valence-electron chi connectivity index (χ3n) is 1.31. The van der Waals surface area contributed by atoms with Gasteiger partial charge in [0, 0.05) is 6.42 Å². The molecule has 0 saturated carbocycles. The van der Waals surface area contributed by atoms with E-state index in [1.54, 1.807) is 0 Å². The van der Waals surface area contributed by atoms with Crippen molar-refractivity contribution < 1.29 is 22.1 Å². The van der Waals surface area contributed by atoms with Crippen LogP contribution in [-0.2, 0) is 23.9 Å². The molecule has 13 heavy (non-hydrogen) atoms. The highest BCUT2D eigenvalue weighted by atomic mass is 32.3. The van der Waals surface area contributed by atoms with Crippen LogP contribution in [0.25, 0.3) is 0 Å². The van der Waals surface area contributed by atoms with Crippen LogP contribution in [0.15, 0.2) is 12.4 Å². The maximum absolute atomic E-state index is 8.63. The van der Waals surface area contributed by atoms with Crippen molar-refractivity contribution in [1.29, 1.82) is 0 Å². The van der Waals surface area contributed by atoms with Crippen molar-refractivity contribution in [3.8, 4) is 0 Å². The van der Waals surface area contributed by atoms with Crippen LogP contribution in [-0.4, -0.2) is 22.5 Å². The first-order valence-electron chi connectivity index (χ1n) is 3.54. The fourth-order valence-electron chi connectivity index (χ4n) is 0.789. The molecule has 1 aromatic rings. The van der Waals surface area contributed by atoms with Crippen molar-refractivity contribution in [2.75, 3.05) is 0 Å². The average Bonchev–Trinajstić information content (AvgIpc) is 2.31. The zero-order valence-corrected chi connectivity index (χ0v) is 8.21. The zero-order valence-electron chi connectivity index (χ0n) is 7.39. The largest absolute Gasteiger partial charge is 0.726 e. The first-order valence-corrected chi connectivity index (χ1v) is 4.91. The van der Waals surface area contributed by atoms with E-state index in [2.05, 4.69) is 16.5 Å². The Morgan fingerprint density at radius 3 is 2.31 bits per heavy atom. The Morgan fingerprint density at radius 2 is 2.15 bits per heavy atom. The Kier molecular flexibility index (Phi) is 4.60. The Labute approximate surface area is 76.8 Å². The summed E-state index contributed by atoms with van der Waals surface area (Å²) in [5.41, 5.74) is 0. The highest BCUT2D eigenvalue weighted by molar-refractivity contribution is 7.79. The van der Waals surface area contributed by atoms with Gasteiger partial charge in [-0.3, -0.25) is 4.55 Å². The average molecular weight is 208 g/mol. The van der Waals surface area contributed by atoms with Gasteiger partial charge in [-0.2, -0.15) is 0 Å². The zero-order chi connectivity index (χ0) is 10.5. The summed E-state index contributed by atoms with van der Waals surface area (Å²) in [7, 11) is -2.88. The molecule has 0 aromatic carbocycles. The molecule has 0 aliphatic heterocycles. The summed E-state index contributed by atoms with van der Waals surface area (Å²) in [6, 6.07) is 0. The normalized spacial score (nSPS) is 10.5. The molecule has 0 amide bonds. The second-order valence-corrected chi connectivity index (χ2v) is 3.15. The van der Waals surface area contributed by atoms with Crippen LogP contribution in [0.4, 0.5) is 0 Å². The van der Waals surface area contributed by atoms with Crippen molar-refractivity contribution in [1.82, 2.24) is 4.98 Å². The van der Waals surface area contributed by atoms with Gasteiger partial charge >= 0.3 is 0 Å². The monoisotopic (exact) mass is 208 g/mol. The van der Waals surface area contributed by atoms with Crippen LogP contribution < -0.4 is 4.57 Å². The molecule has 0 bridgehead atoms. The number of aromatic nitrogens is 2. The number of rotatable bonds is 1. The van der Waals surface area contributed by atoms with E-state index in [-0.39, 0.29) is 0 Å². The molecular formula is C6H12N2O4S. The van der Waals surface area contributed by atoms with Gasteiger partial charge in [0.25, 0.3) is 5.82 Å². The standard InChI is InChI=1S/C6H10N2.H2O4S/c1-3-6-7-4-5-8(6)2;1-5(2,3)4/h4-5H,3H2,1-2H3;(H2,1,2,3,4). The molecule has 2 N–H and O–H groups in total. The molecule has 1 rings (SSSR count). The predicted octanol–water partition coefficient (Wildman–Crippen LogP) is -0.594. The lowest BCUT2D eigenvalue weighted by Gasteiger charge is -1.88. The number of nitrogens with one attached hydrogen (secondary N) is 1. The first-order chi connectivity index (χ1) is 5.84. The van der Waals surface area contributed by atoms with Crippen molar-refractivity contribution in [2.24, 2.45) is 7.05 Å². The Morgan fingerprint density at radius 1 is 1.69 bits per heavy atom. The highest BCUT2D eigenvalue weighted by Crippen LogP contribution is 1.82. The topological polar surface area (TPSA) is 97.1 Å². The van der Waals surface area contributed by atoms with Crippen molar-refractivity contribution in [2.45, 2.75) is 13.3 Å². The maximum atomic E-state index is 8.63. The quantitative estimate of drug-likeness (QED) is 0.366. The number of aromatic amines is 1. The molecule has 6 nitrogen and oxygen atoms in total. The highest BCUT2D eigenvalue weighted by Gasteiger charge is 1.99. The van der Waals surface area contributed by atoms with Crippen molar-refractivity contribution in [3.63, 3.8) is 0 Å². The fourth-order valence-corrected chi connectivity index (χ4v) is 0.789. The van der Waals surface area contributed by atoms with Gasteiger partial charge in [0.1, 0.15) is 12.4 Å². The lowest BCUT2D eigenvalue weighted by Crippen LogP contribution is -2.29. The molecule has 0 radical (unpaired) electrons. The maximum Gasteiger partial charge on any atom is 0.253 e. The van der Waals surface area contributed by atoms with Gasteiger partial charge in [0.05, 0.1) is 7.05 Å². The SMILES string of the molecule is CCc1[nH]cc[n+]1C.O=S(=O)([O-])O. The number of hydrogen-bond acceptors (Lipinski definition) is 3. The van der Waals surface area contributed by atoms with Crippen LogP contribution in [0.1, 0.15) is 12.7 Å². The molecule has 0 spiro atoms. The van der Waals surface area contributed by atoms with Crippen LogP contribution in [0.5, 0.6) is 0 Å². The van der Waals surface area contributed by atoms with E-state index in [1.807, 2.05) is 19.4 Å². The van der Waals surface area contributed by atoms with Gasteiger partial charge in [-0.15, -0.1) is 0 Å². The Hall–Kier alpha value is -0.920. The second-order valence-electron chi connectivity index (χ2n) is 2.30. The minimum absolute atomic E-state index is 1.07. The summed E-state index contributed by atoms with van der Waals surface area (Å²) in [6.07, 6.45) is 5.03. The van der Waals surface area contributed by atoms with Crippen LogP contribution in [0.2, 0.25) is 0 Å². The minimum Gasteiger partial charge on any atom is -0.726 e. The summed E-state index contributed by atoms with van der Waals surface area (Å²) in [5, 5.41) is 0.